The third-order valence-corrected chi connectivity index (χ3v) is 6.58. The molecule has 0 aliphatic carbocycles. The highest BCUT2D eigenvalue weighted by Crippen LogP contribution is 2.28. The van der Waals surface area contributed by atoms with Crippen molar-refractivity contribution in [1.82, 2.24) is 20.2 Å². The Labute approximate surface area is 184 Å². The van der Waals surface area contributed by atoms with Crippen LogP contribution in [0.25, 0.3) is 10.6 Å². The van der Waals surface area contributed by atoms with Gasteiger partial charge in [-0.05, 0) is 29.5 Å². The molecule has 2 atom stereocenters. The Hall–Kier alpha value is -3.26. The van der Waals surface area contributed by atoms with Crippen molar-refractivity contribution >= 4 is 29.1 Å². The Bertz CT molecular complexity index is 1070. The summed E-state index contributed by atoms with van der Waals surface area (Å²) in [7, 11) is 0. The maximum Gasteiger partial charge on any atom is 0.262 e. The van der Waals surface area contributed by atoms with Gasteiger partial charge in [-0.15, -0.1) is 11.3 Å². The van der Waals surface area contributed by atoms with E-state index in [1.807, 2.05) is 31.4 Å². The van der Waals surface area contributed by atoms with Crippen molar-refractivity contribution < 1.29 is 14.4 Å². The number of carbonyl (C=O) groups is 3. The van der Waals surface area contributed by atoms with E-state index in [1.54, 1.807) is 41.9 Å². The van der Waals surface area contributed by atoms with Gasteiger partial charge in [-0.25, -0.2) is 4.98 Å². The Balaban J connectivity index is 1.47. The molecule has 0 radical (unpaired) electrons. The average molecular weight is 437 g/mol. The molecule has 31 heavy (non-hydrogen) atoms. The number of nitrogens with one attached hydrogen (secondary N) is 2. The molecule has 0 bridgehead atoms. The normalized spacial score (nSPS) is 15.1. The minimum absolute atomic E-state index is 0.170. The predicted octanol–water partition coefficient (Wildman–Crippen LogP) is 3.51. The molecule has 0 saturated heterocycles. The molecule has 2 unspecified atom stereocenters. The summed E-state index contributed by atoms with van der Waals surface area (Å²) in [6.07, 6.45) is 2.87. The molecule has 0 fully saturated rings. The average Bonchev–Trinajstić information content (AvgIpc) is 3.51. The van der Waals surface area contributed by atoms with Crippen LogP contribution in [-0.4, -0.2) is 45.2 Å². The molecule has 8 heteroatoms. The van der Waals surface area contributed by atoms with Crippen molar-refractivity contribution in [3.05, 3.63) is 64.9 Å². The predicted molar refractivity (Wildman–Crippen MR) is 119 cm³/mol. The first-order valence-corrected chi connectivity index (χ1v) is 11.2. The number of imidazole rings is 1. The van der Waals surface area contributed by atoms with Crippen molar-refractivity contribution in [3.8, 4) is 10.6 Å². The van der Waals surface area contributed by atoms with E-state index in [2.05, 4.69) is 15.3 Å². The largest absolute Gasteiger partial charge is 0.354 e. The third kappa shape index (κ3) is 3.90. The minimum atomic E-state index is -0.851. The van der Waals surface area contributed by atoms with Crippen LogP contribution in [0.2, 0.25) is 0 Å². The van der Waals surface area contributed by atoms with Gasteiger partial charge in [0.2, 0.25) is 5.91 Å². The van der Waals surface area contributed by atoms with E-state index in [4.69, 9.17) is 0 Å². The summed E-state index contributed by atoms with van der Waals surface area (Å²) in [5, 5.41) is 4.92. The molecular weight excluding hydrogens is 412 g/mol. The zero-order valence-electron chi connectivity index (χ0n) is 17.4. The maximum absolute atomic E-state index is 13.1. The second-order valence-electron chi connectivity index (χ2n) is 7.60. The first-order valence-electron chi connectivity index (χ1n) is 10.3. The fraction of sp³-hybridized carbons (Fsp3) is 0.304. The van der Waals surface area contributed by atoms with Crippen LogP contribution in [0.3, 0.4) is 0 Å². The van der Waals surface area contributed by atoms with Crippen LogP contribution in [0.1, 0.15) is 46.7 Å². The second kappa shape index (κ2) is 8.85. The first-order chi connectivity index (χ1) is 15.0. The molecule has 160 valence electrons. The summed E-state index contributed by atoms with van der Waals surface area (Å²) in [4.78, 5) is 48.7. The smallest absolute Gasteiger partial charge is 0.262 e. The van der Waals surface area contributed by atoms with Crippen molar-refractivity contribution in [3.63, 3.8) is 0 Å². The summed E-state index contributed by atoms with van der Waals surface area (Å²) >= 11 is 1.61. The van der Waals surface area contributed by atoms with Crippen LogP contribution in [-0.2, 0) is 11.2 Å². The van der Waals surface area contributed by atoms with E-state index in [9.17, 15) is 14.4 Å². The number of fused-ring (bicyclic) bond motifs is 1. The Morgan fingerprint density at radius 1 is 1.16 bits per heavy atom. The molecule has 1 aromatic carbocycles. The van der Waals surface area contributed by atoms with Crippen molar-refractivity contribution in [1.29, 1.82) is 0 Å². The van der Waals surface area contributed by atoms with E-state index in [0.29, 0.717) is 30.5 Å². The Kier molecular flexibility index (Phi) is 5.99. The maximum atomic E-state index is 13.1. The number of amides is 3. The molecule has 2 N–H and O–H groups in total. The van der Waals surface area contributed by atoms with Crippen molar-refractivity contribution in [2.75, 3.05) is 6.54 Å². The van der Waals surface area contributed by atoms with Crippen molar-refractivity contribution in [2.24, 2.45) is 5.92 Å². The Morgan fingerprint density at radius 3 is 2.48 bits per heavy atom. The van der Waals surface area contributed by atoms with Gasteiger partial charge in [0.15, 0.2) is 0 Å². The summed E-state index contributed by atoms with van der Waals surface area (Å²) in [5.41, 5.74) is 2.52. The van der Waals surface area contributed by atoms with Gasteiger partial charge < -0.3 is 10.3 Å². The van der Waals surface area contributed by atoms with Gasteiger partial charge in [-0.2, -0.15) is 0 Å². The van der Waals surface area contributed by atoms with Gasteiger partial charge in [0.25, 0.3) is 11.8 Å². The number of imide groups is 1. The van der Waals surface area contributed by atoms with Gasteiger partial charge in [0, 0.05) is 18.7 Å². The molecule has 2 aromatic heterocycles. The van der Waals surface area contributed by atoms with Crippen LogP contribution in [0.4, 0.5) is 0 Å². The molecule has 1 aliphatic rings. The van der Waals surface area contributed by atoms with Gasteiger partial charge >= 0.3 is 0 Å². The van der Waals surface area contributed by atoms with Crippen LogP contribution < -0.4 is 5.32 Å². The highest BCUT2D eigenvalue weighted by atomic mass is 32.1. The number of H-pyrrole nitrogens is 1. The van der Waals surface area contributed by atoms with Crippen LogP contribution in [0, 0.1) is 5.92 Å². The molecule has 0 spiro atoms. The molecule has 4 rings (SSSR count). The topological polar surface area (TPSA) is 95.2 Å². The quantitative estimate of drug-likeness (QED) is 0.528. The molecule has 3 heterocycles. The number of hydrogen-bond donors (Lipinski definition) is 2. The standard InChI is InChI=1S/C23H24N4O3S/c1-3-14(2)20(27-22(29)15-7-4-5-8-16(15)23(27)30)21(28)24-11-10-17-19(26-13-25-17)18-9-6-12-31-18/h4-9,12-14,20H,3,10-11H2,1-2H3,(H,24,28)(H,25,26). The Morgan fingerprint density at radius 2 is 1.87 bits per heavy atom. The van der Waals surface area contributed by atoms with Gasteiger partial charge in [-0.1, -0.05) is 38.5 Å². The van der Waals surface area contributed by atoms with E-state index in [-0.39, 0.29) is 11.8 Å². The number of thiophene rings is 1. The number of rotatable bonds is 8. The lowest BCUT2D eigenvalue weighted by molar-refractivity contribution is -0.126. The van der Waals surface area contributed by atoms with Crippen molar-refractivity contribution in [2.45, 2.75) is 32.7 Å². The summed E-state index contributed by atoms with van der Waals surface area (Å²) in [5.74, 6) is -1.30. The molecule has 7 nitrogen and oxygen atoms in total. The SMILES string of the molecule is CCC(C)C(C(=O)NCCc1[nH]cnc1-c1cccs1)N1C(=O)c2ccccc2C1=O. The number of aromatic amines is 1. The molecule has 1 aliphatic heterocycles. The lowest BCUT2D eigenvalue weighted by atomic mass is 9.96. The van der Waals surface area contributed by atoms with E-state index in [1.165, 1.54) is 0 Å². The lowest BCUT2D eigenvalue weighted by Crippen LogP contribution is -2.53. The van der Waals surface area contributed by atoms with Crippen LogP contribution in [0.15, 0.2) is 48.1 Å². The van der Waals surface area contributed by atoms with Crippen LogP contribution >= 0.6 is 11.3 Å². The fourth-order valence-corrected chi connectivity index (χ4v) is 4.61. The van der Waals surface area contributed by atoms with E-state index >= 15 is 0 Å². The number of hydrogen-bond acceptors (Lipinski definition) is 5. The monoisotopic (exact) mass is 436 g/mol. The summed E-state index contributed by atoms with van der Waals surface area (Å²) in [6.45, 7) is 4.20. The highest BCUT2D eigenvalue weighted by molar-refractivity contribution is 7.13. The fourth-order valence-electron chi connectivity index (χ4n) is 3.87. The van der Waals surface area contributed by atoms with E-state index < -0.39 is 17.9 Å². The highest BCUT2D eigenvalue weighted by Gasteiger charge is 2.44. The number of benzene rings is 1. The third-order valence-electron chi connectivity index (χ3n) is 5.70. The zero-order chi connectivity index (χ0) is 22.0. The van der Waals surface area contributed by atoms with Crippen LogP contribution in [0.5, 0.6) is 0 Å². The molecule has 0 saturated carbocycles. The molecular formula is C23H24N4O3S. The minimum Gasteiger partial charge on any atom is -0.354 e. The lowest BCUT2D eigenvalue weighted by Gasteiger charge is -2.29. The van der Waals surface area contributed by atoms with Gasteiger partial charge in [0.1, 0.15) is 11.7 Å². The van der Waals surface area contributed by atoms with Gasteiger partial charge in [0.05, 0.1) is 22.3 Å². The first kappa shape index (κ1) is 21.0. The number of carbonyl (C=O) groups excluding carboxylic acids is 3. The zero-order valence-corrected chi connectivity index (χ0v) is 18.2. The summed E-state index contributed by atoms with van der Waals surface area (Å²) in [6, 6.07) is 9.83. The second-order valence-corrected chi connectivity index (χ2v) is 8.55. The number of aromatic nitrogens is 2. The van der Waals surface area contributed by atoms with E-state index in [0.717, 1.165) is 21.2 Å². The number of nitrogens with zero attached hydrogens (tertiary/aromatic N) is 2. The summed E-state index contributed by atoms with van der Waals surface area (Å²) < 4.78 is 0. The van der Waals surface area contributed by atoms with Gasteiger partial charge in [-0.3, -0.25) is 19.3 Å². The molecule has 3 aromatic rings. The molecule has 3 amide bonds.